The summed E-state index contributed by atoms with van der Waals surface area (Å²) in [7, 11) is 0. The smallest absolute Gasteiger partial charge is 0.106 e. The Morgan fingerprint density at radius 1 is 1.10 bits per heavy atom. The van der Waals surface area contributed by atoms with E-state index in [1.165, 1.54) is 5.39 Å². The molecule has 3 rings (SSSR count). The highest BCUT2D eigenvalue weighted by atomic mass is 79.9. The molecule has 1 aromatic heterocycles. The van der Waals surface area contributed by atoms with Gasteiger partial charge in [-0.1, -0.05) is 40.3 Å². The van der Waals surface area contributed by atoms with Gasteiger partial charge >= 0.3 is 0 Å². The summed E-state index contributed by atoms with van der Waals surface area (Å²) in [5.41, 5.74) is 8.30. The highest BCUT2D eigenvalue weighted by Crippen LogP contribution is 2.26. The van der Waals surface area contributed by atoms with Gasteiger partial charge in [0, 0.05) is 21.9 Å². The van der Waals surface area contributed by atoms with Gasteiger partial charge in [0.25, 0.3) is 0 Å². The van der Waals surface area contributed by atoms with Crippen LogP contribution in [0.25, 0.3) is 10.8 Å². The molecule has 0 aliphatic rings. The molecule has 0 fully saturated rings. The molecular weight excluding hydrogens is 346 g/mol. The Labute approximate surface area is 136 Å². The predicted molar refractivity (Wildman–Crippen MR) is 95.1 cm³/mol. The molecule has 104 valence electrons. The van der Waals surface area contributed by atoms with Crippen molar-refractivity contribution in [3.8, 4) is 0 Å². The normalized spacial score (nSPS) is 10.5. The average molecular weight is 358 g/mol. The molecule has 21 heavy (non-hydrogen) atoms. The standard InChI is InChI=1S/C16H12BrN3S/c17-12-3-1-11-8-13(4-2-10(11)7-12)20-15-9-19-6-5-14(15)16(18)21/h1-9,20H,(H2,18,21). The lowest BCUT2D eigenvalue weighted by molar-refractivity contribution is 1.31. The Balaban J connectivity index is 1.99. The van der Waals surface area contributed by atoms with Crippen LogP contribution in [0.2, 0.25) is 0 Å². The number of thiocarbonyl (C=S) groups is 1. The summed E-state index contributed by atoms with van der Waals surface area (Å²) in [6.45, 7) is 0. The number of fused-ring (bicyclic) bond motifs is 1. The lowest BCUT2D eigenvalue weighted by Gasteiger charge is -2.11. The van der Waals surface area contributed by atoms with Crippen molar-refractivity contribution in [1.82, 2.24) is 4.98 Å². The third-order valence-electron chi connectivity index (χ3n) is 3.17. The van der Waals surface area contributed by atoms with Gasteiger partial charge in [-0.3, -0.25) is 4.98 Å². The molecule has 0 aliphatic carbocycles. The number of hydrogen-bond donors (Lipinski definition) is 2. The van der Waals surface area contributed by atoms with Crippen LogP contribution in [0.15, 0.2) is 59.3 Å². The van der Waals surface area contributed by atoms with Crippen molar-refractivity contribution >= 4 is 55.3 Å². The number of nitrogens with zero attached hydrogens (tertiary/aromatic N) is 1. The quantitative estimate of drug-likeness (QED) is 0.683. The van der Waals surface area contributed by atoms with Crippen LogP contribution >= 0.6 is 28.1 Å². The van der Waals surface area contributed by atoms with Gasteiger partial charge in [0.1, 0.15) is 4.99 Å². The van der Waals surface area contributed by atoms with Gasteiger partial charge in [0.2, 0.25) is 0 Å². The van der Waals surface area contributed by atoms with E-state index in [-0.39, 0.29) is 0 Å². The largest absolute Gasteiger partial charge is 0.389 e. The fourth-order valence-electron chi connectivity index (χ4n) is 2.16. The maximum absolute atomic E-state index is 5.73. The molecule has 5 heteroatoms. The molecular formula is C16H12BrN3S. The Morgan fingerprint density at radius 2 is 1.86 bits per heavy atom. The zero-order chi connectivity index (χ0) is 14.8. The van der Waals surface area contributed by atoms with Crippen molar-refractivity contribution in [3.05, 3.63) is 64.9 Å². The summed E-state index contributed by atoms with van der Waals surface area (Å²) in [5, 5.41) is 5.65. The fraction of sp³-hybridized carbons (Fsp3) is 0. The zero-order valence-electron chi connectivity index (χ0n) is 11.0. The van der Waals surface area contributed by atoms with E-state index >= 15 is 0 Å². The molecule has 3 N–H and O–H groups in total. The van der Waals surface area contributed by atoms with Crippen LogP contribution in [0, 0.1) is 0 Å². The van der Waals surface area contributed by atoms with Crippen molar-refractivity contribution in [1.29, 1.82) is 0 Å². The van der Waals surface area contributed by atoms with E-state index in [2.05, 4.69) is 50.5 Å². The number of hydrogen-bond acceptors (Lipinski definition) is 3. The first kappa shape index (κ1) is 14.0. The number of nitrogens with one attached hydrogen (secondary N) is 1. The second-order valence-corrected chi connectivity index (χ2v) is 5.97. The van der Waals surface area contributed by atoms with Gasteiger partial charge in [-0.15, -0.1) is 0 Å². The number of benzene rings is 2. The van der Waals surface area contributed by atoms with Crippen LogP contribution in [-0.4, -0.2) is 9.97 Å². The molecule has 3 aromatic rings. The van der Waals surface area contributed by atoms with Gasteiger partial charge in [-0.2, -0.15) is 0 Å². The van der Waals surface area contributed by atoms with E-state index in [1.54, 1.807) is 12.4 Å². The zero-order valence-corrected chi connectivity index (χ0v) is 13.4. The Hall–Kier alpha value is -1.98. The highest BCUT2D eigenvalue weighted by Gasteiger charge is 2.05. The summed E-state index contributed by atoms with van der Waals surface area (Å²) in [6.07, 6.45) is 3.40. The van der Waals surface area contributed by atoms with Crippen molar-refractivity contribution in [3.63, 3.8) is 0 Å². The van der Waals surface area contributed by atoms with E-state index in [1.807, 2.05) is 18.2 Å². The first-order chi connectivity index (χ1) is 10.1. The summed E-state index contributed by atoms with van der Waals surface area (Å²) >= 11 is 8.54. The predicted octanol–water partition coefficient (Wildman–Crippen LogP) is 4.38. The summed E-state index contributed by atoms with van der Waals surface area (Å²) in [4.78, 5) is 4.47. The van der Waals surface area contributed by atoms with Gasteiger partial charge in [0.05, 0.1) is 11.9 Å². The van der Waals surface area contributed by atoms with E-state index in [9.17, 15) is 0 Å². The molecule has 2 aromatic carbocycles. The third kappa shape index (κ3) is 3.04. The van der Waals surface area contributed by atoms with Crippen LogP contribution in [0.3, 0.4) is 0 Å². The Morgan fingerprint density at radius 3 is 2.67 bits per heavy atom. The number of halogens is 1. The first-order valence-electron chi connectivity index (χ1n) is 6.33. The second kappa shape index (κ2) is 5.79. The molecule has 0 aliphatic heterocycles. The maximum atomic E-state index is 5.73. The second-order valence-electron chi connectivity index (χ2n) is 4.62. The van der Waals surface area contributed by atoms with Crippen molar-refractivity contribution in [2.45, 2.75) is 0 Å². The lowest BCUT2D eigenvalue weighted by atomic mass is 10.1. The van der Waals surface area contributed by atoms with Crippen molar-refractivity contribution in [2.75, 3.05) is 5.32 Å². The molecule has 0 bridgehead atoms. The average Bonchev–Trinajstić information content (AvgIpc) is 2.48. The molecule has 0 spiro atoms. The first-order valence-corrected chi connectivity index (χ1v) is 7.54. The van der Waals surface area contributed by atoms with Gasteiger partial charge in [-0.25, -0.2) is 0 Å². The minimum Gasteiger partial charge on any atom is -0.389 e. The van der Waals surface area contributed by atoms with E-state index < -0.39 is 0 Å². The SMILES string of the molecule is NC(=S)c1ccncc1Nc1ccc2cc(Br)ccc2c1. The molecule has 0 saturated carbocycles. The fourth-order valence-corrected chi connectivity index (χ4v) is 2.72. The van der Waals surface area contributed by atoms with E-state index in [0.29, 0.717) is 4.99 Å². The minimum absolute atomic E-state index is 0.351. The molecule has 0 amide bonds. The summed E-state index contributed by atoms with van der Waals surface area (Å²) < 4.78 is 1.07. The van der Waals surface area contributed by atoms with E-state index in [0.717, 1.165) is 26.8 Å². The van der Waals surface area contributed by atoms with Crippen molar-refractivity contribution < 1.29 is 0 Å². The van der Waals surface area contributed by atoms with Crippen LogP contribution < -0.4 is 11.1 Å². The van der Waals surface area contributed by atoms with Gasteiger partial charge < -0.3 is 11.1 Å². The van der Waals surface area contributed by atoms with Crippen molar-refractivity contribution in [2.24, 2.45) is 5.73 Å². The molecule has 0 atom stereocenters. The lowest BCUT2D eigenvalue weighted by Crippen LogP contribution is -2.12. The molecule has 0 unspecified atom stereocenters. The monoisotopic (exact) mass is 357 g/mol. The summed E-state index contributed by atoms with van der Waals surface area (Å²) in [6, 6.07) is 14.2. The topological polar surface area (TPSA) is 50.9 Å². The number of aromatic nitrogens is 1. The number of anilines is 2. The Bertz CT molecular complexity index is 833. The van der Waals surface area contributed by atoms with Crippen LogP contribution in [0.5, 0.6) is 0 Å². The third-order valence-corrected chi connectivity index (χ3v) is 3.88. The number of nitrogens with two attached hydrogens (primary N) is 1. The number of rotatable bonds is 3. The number of pyridine rings is 1. The Kier molecular flexibility index (Phi) is 3.86. The minimum atomic E-state index is 0.351. The molecule has 3 nitrogen and oxygen atoms in total. The molecule has 0 radical (unpaired) electrons. The van der Waals surface area contributed by atoms with Crippen LogP contribution in [0.4, 0.5) is 11.4 Å². The van der Waals surface area contributed by atoms with Crippen LogP contribution in [0.1, 0.15) is 5.56 Å². The molecule has 1 heterocycles. The molecule has 0 saturated heterocycles. The van der Waals surface area contributed by atoms with Gasteiger partial charge in [-0.05, 0) is 41.1 Å². The summed E-state index contributed by atoms with van der Waals surface area (Å²) in [5.74, 6) is 0. The maximum Gasteiger partial charge on any atom is 0.106 e. The van der Waals surface area contributed by atoms with Gasteiger partial charge in [0.15, 0.2) is 0 Å². The highest BCUT2D eigenvalue weighted by molar-refractivity contribution is 9.10. The van der Waals surface area contributed by atoms with E-state index in [4.69, 9.17) is 18.0 Å². The van der Waals surface area contributed by atoms with Crippen LogP contribution in [-0.2, 0) is 0 Å².